The molecule has 1 aliphatic rings. The second-order valence-electron chi connectivity index (χ2n) is 4.81. The standard InChI is InChI=1S/C14H17NO4/c1-9-8-19-12-5-3-10(4-6-13(16)17)7-11(12)15(2)14(9)18/h3,5,7,9H,4,6,8H2,1-2H3,(H,16,17). The zero-order valence-electron chi connectivity index (χ0n) is 11.0. The van der Waals surface area contributed by atoms with Crippen molar-refractivity contribution in [1.29, 1.82) is 0 Å². The predicted molar refractivity (Wildman–Crippen MR) is 70.5 cm³/mol. The molecule has 0 saturated carbocycles. The molecule has 5 heteroatoms. The van der Waals surface area contributed by atoms with Gasteiger partial charge in [0, 0.05) is 13.5 Å². The molecule has 1 heterocycles. The van der Waals surface area contributed by atoms with Gasteiger partial charge in [-0.05, 0) is 24.1 Å². The summed E-state index contributed by atoms with van der Waals surface area (Å²) < 4.78 is 5.60. The van der Waals surface area contributed by atoms with E-state index in [9.17, 15) is 9.59 Å². The van der Waals surface area contributed by atoms with Gasteiger partial charge in [0.15, 0.2) is 0 Å². The zero-order chi connectivity index (χ0) is 14.0. The maximum atomic E-state index is 12.0. The van der Waals surface area contributed by atoms with E-state index in [0.29, 0.717) is 24.5 Å². The summed E-state index contributed by atoms with van der Waals surface area (Å²) in [6.45, 7) is 2.20. The van der Waals surface area contributed by atoms with Gasteiger partial charge in [-0.15, -0.1) is 0 Å². The van der Waals surface area contributed by atoms with Crippen molar-refractivity contribution in [2.75, 3.05) is 18.6 Å². The third-order valence-electron chi connectivity index (χ3n) is 3.25. The molecular weight excluding hydrogens is 246 g/mol. The fraction of sp³-hybridized carbons (Fsp3) is 0.429. The summed E-state index contributed by atoms with van der Waals surface area (Å²) in [4.78, 5) is 24.2. The van der Waals surface area contributed by atoms with E-state index < -0.39 is 5.97 Å². The monoisotopic (exact) mass is 263 g/mol. The van der Waals surface area contributed by atoms with Gasteiger partial charge in [0.25, 0.3) is 0 Å². The number of fused-ring (bicyclic) bond motifs is 1. The number of nitrogens with zero attached hydrogens (tertiary/aromatic N) is 1. The Bertz CT molecular complexity index is 512. The van der Waals surface area contributed by atoms with E-state index in [1.807, 2.05) is 19.1 Å². The molecule has 1 aromatic rings. The van der Waals surface area contributed by atoms with Gasteiger partial charge in [0.05, 0.1) is 18.2 Å². The van der Waals surface area contributed by atoms with Crippen molar-refractivity contribution in [3.05, 3.63) is 23.8 Å². The number of ether oxygens (including phenoxy) is 1. The van der Waals surface area contributed by atoms with Crippen molar-refractivity contribution in [3.8, 4) is 5.75 Å². The largest absolute Gasteiger partial charge is 0.491 e. The van der Waals surface area contributed by atoms with Crippen LogP contribution in [0.4, 0.5) is 5.69 Å². The zero-order valence-corrected chi connectivity index (χ0v) is 11.0. The number of hydrogen-bond acceptors (Lipinski definition) is 3. The van der Waals surface area contributed by atoms with Gasteiger partial charge < -0.3 is 14.7 Å². The second-order valence-corrected chi connectivity index (χ2v) is 4.81. The number of carbonyl (C=O) groups excluding carboxylic acids is 1. The summed E-state index contributed by atoms with van der Waals surface area (Å²) in [5.74, 6) is -0.336. The second kappa shape index (κ2) is 5.30. The molecule has 0 radical (unpaired) electrons. The first-order valence-corrected chi connectivity index (χ1v) is 6.24. The van der Waals surface area contributed by atoms with Crippen LogP contribution >= 0.6 is 0 Å². The molecule has 0 saturated heterocycles. The smallest absolute Gasteiger partial charge is 0.303 e. The molecule has 1 unspecified atom stereocenters. The third kappa shape index (κ3) is 2.86. The van der Waals surface area contributed by atoms with Gasteiger partial charge >= 0.3 is 5.97 Å². The lowest BCUT2D eigenvalue weighted by molar-refractivity contribution is -0.137. The molecule has 0 bridgehead atoms. The molecule has 1 N–H and O–H groups in total. The van der Waals surface area contributed by atoms with Crippen molar-refractivity contribution in [3.63, 3.8) is 0 Å². The summed E-state index contributed by atoms with van der Waals surface area (Å²) in [5.41, 5.74) is 1.59. The number of aliphatic carboxylic acids is 1. The van der Waals surface area contributed by atoms with E-state index in [1.165, 1.54) is 0 Å². The highest BCUT2D eigenvalue weighted by Gasteiger charge is 2.26. The number of hydrogen-bond donors (Lipinski definition) is 1. The maximum Gasteiger partial charge on any atom is 0.303 e. The topological polar surface area (TPSA) is 66.8 Å². The minimum Gasteiger partial charge on any atom is -0.491 e. The summed E-state index contributed by atoms with van der Waals surface area (Å²) in [7, 11) is 1.72. The molecule has 1 amide bonds. The van der Waals surface area contributed by atoms with Gasteiger partial charge in [-0.1, -0.05) is 13.0 Å². The number of benzene rings is 1. The van der Waals surface area contributed by atoms with Crippen LogP contribution in [-0.4, -0.2) is 30.6 Å². The van der Waals surface area contributed by atoms with Gasteiger partial charge in [0.1, 0.15) is 5.75 Å². The van der Waals surface area contributed by atoms with Crippen molar-refractivity contribution in [2.24, 2.45) is 5.92 Å². The molecule has 1 aromatic carbocycles. The Hall–Kier alpha value is -2.04. The first kappa shape index (κ1) is 13.4. The van der Waals surface area contributed by atoms with Crippen LogP contribution in [0.1, 0.15) is 18.9 Å². The van der Waals surface area contributed by atoms with Crippen LogP contribution in [0.5, 0.6) is 5.75 Å². The lowest BCUT2D eigenvalue weighted by Crippen LogP contribution is -2.31. The molecule has 0 spiro atoms. The maximum absolute atomic E-state index is 12.0. The number of carboxylic acids is 1. The molecule has 0 aliphatic carbocycles. The molecule has 1 aliphatic heterocycles. The molecule has 102 valence electrons. The summed E-state index contributed by atoms with van der Waals surface area (Å²) in [5, 5.41) is 8.70. The number of amides is 1. The fourth-order valence-electron chi connectivity index (χ4n) is 2.09. The van der Waals surface area contributed by atoms with Crippen LogP contribution in [-0.2, 0) is 16.0 Å². The first-order valence-electron chi connectivity index (χ1n) is 6.24. The van der Waals surface area contributed by atoms with Gasteiger partial charge in [-0.25, -0.2) is 0 Å². The van der Waals surface area contributed by atoms with Gasteiger partial charge in [-0.2, -0.15) is 0 Å². The van der Waals surface area contributed by atoms with E-state index in [1.54, 1.807) is 18.0 Å². The Kier molecular flexibility index (Phi) is 3.74. The molecule has 1 atom stereocenters. The predicted octanol–water partition coefficient (Wildman–Crippen LogP) is 1.70. The number of aryl methyl sites for hydroxylation is 1. The number of carboxylic acid groups (broad SMARTS) is 1. The van der Waals surface area contributed by atoms with E-state index in [-0.39, 0.29) is 18.2 Å². The lowest BCUT2D eigenvalue weighted by atomic mass is 10.1. The SMILES string of the molecule is CC1COc2ccc(CCC(=O)O)cc2N(C)C1=O. The van der Waals surface area contributed by atoms with Crippen LogP contribution in [0.2, 0.25) is 0 Å². The van der Waals surface area contributed by atoms with Crippen LogP contribution in [0.25, 0.3) is 0 Å². The minimum atomic E-state index is -0.829. The van der Waals surface area contributed by atoms with Crippen LogP contribution in [0.3, 0.4) is 0 Å². The van der Waals surface area contributed by atoms with Crippen molar-refractivity contribution < 1.29 is 19.4 Å². The van der Waals surface area contributed by atoms with Crippen LogP contribution < -0.4 is 9.64 Å². The van der Waals surface area contributed by atoms with E-state index >= 15 is 0 Å². The van der Waals surface area contributed by atoms with E-state index in [0.717, 1.165) is 5.56 Å². The third-order valence-corrected chi connectivity index (χ3v) is 3.25. The molecular formula is C14H17NO4. The highest BCUT2D eigenvalue weighted by molar-refractivity contribution is 5.96. The highest BCUT2D eigenvalue weighted by Crippen LogP contribution is 2.32. The van der Waals surface area contributed by atoms with Gasteiger partial charge in [-0.3, -0.25) is 9.59 Å². The molecule has 0 aromatic heterocycles. The average molecular weight is 263 g/mol. The Morgan fingerprint density at radius 2 is 2.26 bits per heavy atom. The molecule has 2 rings (SSSR count). The average Bonchev–Trinajstić information content (AvgIpc) is 2.49. The Labute approximate surface area is 111 Å². The fourth-order valence-corrected chi connectivity index (χ4v) is 2.09. The summed E-state index contributed by atoms with van der Waals surface area (Å²) >= 11 is 0. The summed E-state index contributed by atoms with van der Waals surface area (Å²) in [6.07, 6.45) is 0.522. The van der Waals surface area contributed by atoms with Crippen molar-refractivity contribution >= 4 is 17.6 Å². The Balaban J connectivity index is 2.28. The minimum absolute atomic E-state index is 0.00846. The Morgan fingerprint density at radius 1 is 1.53 bits per heavy atom. The highest BCUT2D eigenvalue weighted by atomic mass is 16.5. The number of rotatable bonds is 3. The van der Waals surface area contributed by atoms with Gasteiger partial charge in [0.2, 0.25) is 5.91 Å². The van der Waals surface area contributed by atoms with E-state index in [2.05, 4.69) is 0 Å². The van der Waals surface area contributed by atoms with Crippen molar-refractivity contribution in [1.82, 2.24) is 0 Å². The Morgan fingerprint density at radius 3 is 2.95 bits per heavy atom. The lowest BCUT2D eigenvalue weighted by Gasteiger charge is -2.18. The molecule has 19 heavy (non-hydrogen) atoms. The quantitative estimate of drug-likeness (QED) is 0.901. The summed E-state index contributed by atoms with van der Waals surface area (Å²) in [6, 6.07) is 5.47. The van der Waals surface area contributed by atoms with Crippen LogP contribution in [0, 0.1) is 5.92 Å². The molecule has 0 fully saturated rings. The molecule has 5 nitrogen and oxygen atoms in total. The number of carbonyl (C=O) groups is 2. The normalized spacial score (nSPS) is 18.5. The van der Waals surface area contributed by atoms with Crippen molar-refractivity contribution in [2.45, 2.75) is 19.8 Å². The van der Waals surface area contributed by atoms with E-state index in [4.69, 9.17) is 9.84 Å². The van der Waals surface area contributed by atoms with Crippen LogP contribution in [0.15, 0.2) is 18.2 Å². The first-order chi connectivity index (χ1) is 8.99. The number of anilines is 1.